The molecule has 2 heterocycles. The summed E-state index contributed by atoms with van der Waals surface area (Å²) in [6.45, 7) is 0. The molecule has 1 aliphatic rings. The number of para-hydroxylation sites is 1. The van der Waals surface area contributed by atoms with Gasteiger partial charge in [0.2, 0.25) is 4.80 Å². The molecule has 1 amide bonds. The molecule has 0 bridgehead atoms. The van der Waals surface area contributed by atoms with Crippen molar-refractivity contribution in [3.63, 3.8) is 0 Å². The molecule has 0 atom stereocenters. The Balaban J connectivity index is 1.86. The Labute approximate surface area is 134 Å². The van der Waals surface area contributed by atoms with Crippen molar-refractivity contribution in [1.29, 1.82) is 0 Å². The summed E-state index contributed by atoms with van der Waals surface area (Å²) in [6, 6.07) is 12.0. The van der Waals surface area contributed by atoms with Gasteiger partial charge in [0.05, 0.1) is 15.9 Å². The van der Waals surface area contributed by atoms with Crippen LogP contribution in [0.1, 0.15) is 5.56 Å². The highest BCUT2D eigenvalue weighted by molar-refractivity contribution is 7.16. The molecule has 7 heteroatoms. The quantitative estimate of drug-likeness (QED) is 0.687. The Kier molecular flexibility index (Phi) is 3.09. The van der Waals surface area contributed by atoms with Gasteiger partial charge in [0.25, 0.3) is 5.91 Å². The second-order valence-corrected chi connectivity index (χ2v) is 6.11. The number of rotatable bonds is 1. The van der Waals surface area contributed by atoms with E-state index in [9.17, 15) is 9.18 Å². The first kappa shape index (κ1) is 13.8. The topological polar surface area (TPSA) is 58.8 Å². The molecule has 5 nitrogen and oxygen atoms in total. The zero-order valence-corrected chi connectivity index (χ0v) is 12.9. The number of benzene rings is 2. The average Bonchev–Trinajstić information content (AvgIpc) is 3.03. The van der Waals surface area contributed by atoms with Gasteiger partial charge in [-0.1, -0.05) is 23.5 Å². The van der Waals surface area contributed by atoms with E-state index in [4.69, 9.17) is 0 Å². The van der Waals surface area contributed by atoms with Crippen LogP contribution in [-0.2, 0) is 11.8 Å². The van der Waals surface area contributed by atoms with Crippen LogP contribution in [0.3, 0.4) is 0 Å². The molecule has 0 unspecified atom stereocenters. The van der Waals surface area contributed by atoms with E-state index in [0.717, 1.165) is 10.2 Å². The highest BCUT2D eigenvalue weighted by Crippen LogP contribution is 2.24. The fourth-order valence-corrected chi connectivity index (χ4v) is 3.46. The normalized spacial score (nSPS) is 16.2. The number of aromatic nitrogens is 1. The second kappa shape index (κ2) is 5.13. The maximum atomic E-state index is 13.4. The highest BCUT2D eigenvalue weighted by atomic mass is 32.1. The second-order valence-electron chi connectivity index (χ2n) is 5.10. The van der Waals surface area contributed by atoms with Crippen molar-refractivity contribution in [2.45, 2.75) is 0 Å². The first-order valence-electron chi connectivity index (χ1n) is 6.91. The number of nitrogens with zero attached hydrogens (tertiary/aromatic N) is 3. The van der Waals surface area contributed by atoms with Gasteiger partial charge in [0.15, 0.2) is 5.71 Å². The molecule has 0 spiro atoms. The Morgan fingerprint density at radius 3 is 2.83 bits per heavy atom. The monoisotopic (exact) mass is 326 g/mol. The van der Waals surface area contributed by atoms with Gasteiger partial charge in [-0.3, -0.25) is 4.79 Å². The van der Waals surface area contributed by atoms with E-state index >= 15 is 0 Å². The van der Waals surface area contributed by atoms with Crippen molar-refractivity contribution in [3.8, 4) is 0 Å². The largest absolute Gasteiger partial charge is 0.320 e. The van der Waals surface area contributed by atoms with Crippen molar-refractivity contribution in [1.82, 2.24) is 4.57 Å². The maximum absolute atomic E-state index is 13.4. The average molecular weight is 326 g/mol. The van der Waals surface area contributed by atoms with Crippen molar-refractivity contribution in [2.75, 3.05) is 5.32 Å². The minimum atomic E-state index is -0.416. The molecule has 0 saturated carbocycles. The van der Waals surface area contributed by atoms with Crippen LogP contribution in [0.5, 0.6) is 0 Å². The van der Waals surface area contributed by atoms with Crippen LogP contribution in [0.4, 0.5) is 10.1 Å². The summed E-state index contributed by atoms with van der Waals surface area (Å²) in [7, 11) is 1.89. The minimum absolute atomic E-state index is 0.122. The zero-order chi connectivity index (χ0) is 16.0. The van der Waals surface area contributed by atoms with Crippen LogP contribution in [-0.4, -0.2) is 16.2 Å². The lowest BCUT2D eigenvalue weighted by atomic mass is 10.1. The van der Waals surface area contributed by atoms with Gasteiger partial charge in [0.1, 0.15) is 5.82 Å². The lowest BCUT2D eigenvalue weighted by Gasteiger charge is -1.96. The Morgan fingerprint density at radius 1 is 1.17 bits per heavy atom. The number of hydrogen-bond donors (Lipinski definition) is 1. The van der Waals surface area contributed by atoms with Gasteiger partial charge in [-0.15, -0.1) is 10.2 Å². The maximum Gasteiger partial charge on any atom is 0.276 e. The summed E-state index contributed by atoms with van der Waals surface area (Å²) in [6.07, 6.45) is 0. The number of carbonyl (C=O) groups is 1. The van der Waals surface area contributed by atoms with Crippen molar-refractivity contribution in [3.05, 3.63) is 58.6 Å². The number of amides is 1. The summed E-state index contributed by atoms with van der Waals surface area (Å²) in [5.74, 6) is -0.793. The number of fused-ring (bicyclic) bond motifs is 2. The molecular formula is C16H11FN4OS. The van der Waals surface area contributed by atoms with Gasteiger partial charge in [-0.05, 0) is 30.3 Å². The first-order chi connectivity index (χ1) is 11.1. The van der Waals surface area contributed by atoms with Crippen LogP contribution < -0.4 is 10.1 Å². The molecule has 0 fully saturated rings. The summed E-state index contributed by atoms with van der Waals surface area (Å²) >= 11 is 1.48. The van der Waals surface area contributed by atoms with E-state index in [0.29, 0.717) is 16.1 Å². The number of anilines is 1. The van der Waals surface area contributed by atoms with E-state index in [1.54, 1.807) is 0 Å². The van der Waals surface area contributed by atoms with Crippen LogP contribution >= 0.6 is 11.3 Å². The first-order valence-corrected chi connectivity index (χ1v) is 7.72. The van der Waals surface area contributed by atoms with E-state index in [2.05, 4.69) is 15.5 Å². The van der Waals surface area contributed by atoms with Crippen LogP contribution in [0.2, 0.25) is 0 Å². The Morgan fingerprint density at radius 2 is 2.00 bits per heavy atom. The standard InChI is InChI=1S/C16H11FN4OS/c1-21-12-4-2-3-5-13(12)23-16(21)20-19-14-10-8-9(17)6-7-11(10)18-15(14)22/h2-8H,1H3,(H,18,19,22)/b20-16-. The smallest absolute Gasteiger partial charge is 0.276 e. The van der Waals surface area contributed by atoms with Gasteiger partial charge in [-0.25, -0.2) is 4.39 Å². The van der Waals surface area contributed by atoms with Crippen molar-refractivity contribution < 1.29 is 9.18 Å². The summed E-state index contributed by atoms with van der Waals surface area (Å²) in [5, 5.41) is 10.9. The Bertz CT molecular complexity index is 1050. The molecule has 2 aromatic carbocycles. The van der Waals surface area contributed by atoms with Gasteiger partial charge in [-0.2, -0.15) is 0 Å². The summed E-state index contributed by atoms with van der Waals surface area (Å²) < 4.78 is 16.4. The van der Waals surface area contributed by atoms with E-state index in [1.807, 2.05) is 35.9 Å². The van der Waals surface area contributed by atoms with Crippen molar-refractivity contribution in [2.24, 2.45) is 17.3 Å². The molecule has 1 N–H and O–H groups in total. The minimum Gasteiger partial charge on any atom is -0.320 e. The number of thiazole rings is 1. The number of carbonyl (C=O) groups excluding carboxylic acids is 1. The van der Waals surface area contributed by atoms with Gasteiger partial charge in [0, 0.05) is 12.6 Å². The lowest BCUT2D eigenvalue weighted by molar-refractivity contribution is -0.110. The fourth-order valence-electron chi connectivity index (χ4n) is 2.50. The third-order valence-electron chi connectivity index (χ3n) is 3.65. The molecule has 114 valence electrons. The molecule has 0 aliphatic carbocycles. The SMILES string of the molecule is Cn1/c(=N/N=C2\C(=O)Nc3ccc(F)cc32)sc2ccccc21. The van der Waals surface area contributed by atoms with Crippen LogP contribution in [0.25, 0.3) is 10.2 Å². The number of hydrogen-bond acceptors (Lipinski definition) is 4. The fraction of sp³-hybridized carbons (Fsp3) is 0.0625. The van der Waals surface area contributed by atoms with Crippen LogP contribution in [0.15, 0.2) is 52.7 Å². The molecule has 0 saturated heterocycles. The van der Waals surface area contributed by atoms with Crippen LogP contribution in [0, 0.1) is 5.82 Å². The molecular weight excluding hydrogens is 315 g/mol. The molecule has 0 radical (unpaired) electrons. The van der Waals surface area contributed by atoms with Gasteiger partial charge >= 0.3 is 0 Å². The predicted molar refractivity (Wildman–Crippen MR) is 87.9 cm³/mol. The third-order valence-corrected chi connectivity index (χ3v) is 4.75. The molecule has 1 aromatic heterocycles. The lowest BCUT2D eigenvalue weighted by Crippen LogP contribution is -2.15. The predicted octanol–water partition coefficient (Wildman–Crippen LogP) is 2.64. The van der Waals surface area contributed by atoms with Gasteiger partial charge < -0.3 is 9.88 Å². The third kappa shape index (κ3) is 2.25. The highest BCUT2D eigenvalue weighted by Gasteiger charge is 2.26. The number of nitrogens with one attached hydrogen (secondary N) is 1. The Hall–Kier alpha value is -2.80. The van der Waals surface area contributed by atoms with E-state index < -0.39 is 5.82 Å². The molecule has 3 aromatic rings. The molecule has 4 rings (SSSR count). The van der Waals surface area contributed by atoms with Crippen molar-refractivity contribution >= 4 is 38.9 Å². The number of halogens is 1. The number of aryl methyl sites for hydroxylation is 1. The summed E-state index contributed by atoms with van der Waals surface area (Å²) in [4.78, 5) is 12.7. The molecule has 23 heavy (non-hydrogen) atoms. The molecule has 1 aliphatic heterocycles. The van der Waals surface area contributed by atoms with E-state index in [1.165, 1.54) is 29.5 Å². The summed E-state index contributed by atoms with van der Waals surface area (Å²) in [5.41, 5.74) is 2.14. The zero-order valence-electron chi connectivity index (χ0n) is 12.1. The van der Waals surface area contributed by atoms with E-state index in [-0.39, 0.29) is 11.6 Å².